The molecule has 0 spiro atoms. The van der Waals surface area contributed by atoms with E-state index in [2.05, 4.69) is 16.1 Å². The lowest BCUT2D eigenvalue weighted by Gasteiger charge is -2.24. The second kappa shape index (κ2) is 9.33. The highest BCUT2D eigenvalue weighted by atomic mass is 35.5. The third kappa shape index (κ3) is 5.30. The van der Waals surface area contributed by atoms with Crippen LogP contribution in [-0.4, -0.2) is 12.1 Å². The first-order valence-corrected chi connectivity index (χ1v) is 9.78. The molecule has 0 bridgehead atoms. The Morgan fingerprint density at radius 1 is 0.833 bits per heavy atom. The number of anilines is 3. The third-order valence-corrected chi connectivity index (χ3v) is 4.89. The number of urea groups is 2. The van der Waals surface area contributed by atoms with Gasteiger partial charge < -0.3 is 10.6 Å². The van der Waals surface area contributed by atoms with Crippen LogP contribution in [0.3, 0.4) is 0 Å². The zero-order chi connectivity index (χ0) is 21.7. The van der Waals surface area contributed by atoms with Gasteiger partial charge in [-0.2, -0.15) is 0 Å². The van der Waals surface area contributed by atoms with Crippen molar-refractivity contribution in [2.24, 2.45) is 0 Å². The largest absolute Gasteiger partial charge is 0.345 e. The number of carbonyl (C=O) groups is 2. The van der Waals surface area contributed by atoms with Gasteiger partial charge in [0.1, 0.15) is 0 Å². The van der Waals surface area contributed by atoms with E-state index < -0.39 is 12.1 Å². The lowest BCUT2D eigenvalue weighted by molar-refractivity contribution is 0.243. The number of hydrogen-bond acceptors (Lipinski definition) is 2. The van der Waals surface area contributed by atoms with Crippen molar-refractivity contribution in [1.82, 2.24) is 5.43 Å². The number of aryl methyl sites for hydroxylation is 3. The maximum Gasteiger partial charge on any atom is 0.345 e. The summed E-state index contributed by atoms with van der Waals surface area (Å²) in [7, 11) is 0. The Balaban J connectivity index is 1.79. The van der Waals surface area contributed by atoms with E-state index in [0.717, 1.165) is 21.7 Å². The molecular formula is C23H23ClN4O2. The van der Waals surface area contributed by atoms with Crippen LogP contribution in [0.5, 0.6) is 0 Å². The highest BCUT2D eigenvalue weighted by molar-refractivity contribution is 6.31. The quantitative estimate of drug-likeness (QED) is 0.450. The molecule has 0 atom stereocenters. The lowest BCUT2D eigenvalue weighted by atomic mass is 10.1. The monoisotopic (exact) mass is 422 g/mol. The molecule has 0 heterocycles. The molecule has 0 aliphatic rings. The normalized spacial score (nSPS) is 10.3. The van der Waals surface area contributed by atoms with Gasteiger partial charge in [0.2, 0.25) is 0 Å². The number of carbonyl (C=O) groups excluding carboxylic acids is 2. The fourth-order valence-corrected chi connectivity index (χ4v) is 3.04. The summed E-state index contributed by atoms with van der Waals surface area (Å²) in [6.07, 6.45) is 0. The number of hydrazine groups is 1. The fourth-order valence-electron chi connectivity index (χ4n) is 2.92. The number of halogens is 1. The van der Waals surface area contributed by atoms with Gasteiger partial charge in [-0.15, -0.1) is 0 Å². The molecule has 0 saturated heterocycles. The fraction of sp³-hybridized carbons (Fsp3) is 0.130. The molecule has 0 aromatic heterocycles. The van der Waals surface area contributed by atoms with Gasteiger partial charge >= 0.3 is 12.1 Å². The van der Waals surface area contributed by atoms with Gasteiger partial charge in [0.25, 0.3) is 0 Å². The molecule has 0 aliphatic heterocycles. The van der Waals surface area contributed by atoms with E-state index in [1.807, 2.05) is 45.0 Å². The lowest BCUT2D eigenvalue weighted by Crippen LogP contribution is -2.50. The number of amides is 4. The Kier molecular flexibility index (Phi) is 6.59. The Labute approximate surface area is 180 Å². The van der Waals surface area contributed by atoms with E-state index >= 15 is 0 Å². The minimum atomic E-state index is -0.559. The van der Waals surface area contributed by atoms with E-state index in [-0.39, 0.29) is 0 Å². The number of para-hydroxylation sites is 1. The molecule has 154 valence electrons. The first-order valence-electron chi connectivity index (χ1n) is 9.40. The average Bonchev–Trinajstić information content (AvgIpc) is 2.71. The Morgan fingerprint density at radius 3 is 2.23 bits per heavy atom. The summed E-state index contributed by atoms with van der Waals surface area (Å²) in [4.78, 5) is 25.6. The van der Waals surface area contributed by atoms with Crippen molar-refractivity contribution >= 4 is 40.7 Å². The van der Waals surface area contributed by atoms with Crippen molar-refractivity contribution in [1.29, 1.82) is 0 Å². The maximum absolute atomic E-state index is 13.0. The van der Waals surface area contributed by atoms with Crippen LogP contribution >= 0.6 is 11.6 Å². The summed E-state index contributed by atoms with van der Waals surface area (Å²) in [5.74, 6) is 0. The van der Waals surface area contributed by atoms with Crippen LogP contribution in [0.25, 0.3) is 0 Å². The van der Waals surface area contributed by atoms with Crippen LogP contribution in [0.2, 0.25) is 5.02 Å². The number of rotatable bonds is 3. The molecule has 3 aromatic carbocycles. The zero-order valence-corrected chi connectivity index (χ0v) is 17.7. The predicted octanol–water partition coefficient (Wildman–Crippen LogP) is 6.04. The molecule has 0 aliphatic carbocycles. The molecule has 3 aromatic rings. The Bertz CT molecular complexity index is 1070. The highest BCUT2D eigenvalue weighted by Gasteiger charge is 2.19. The highest BCUT2D eigenvalue weighted by Crippen LogP contribution is 2.20. The van der Waals surface area contributed by atoms with Crippen molar-refractivity contribution in [2.75, 3.05) is 15.6 Å². The first-order chi connectivity index (χ1) is 14.3. The maximum atomic E-state index is 13.0. The molecule has 0 radical (unpaired) electrons. The van der Waals surface area contributed by atoms with Crippen molar-refractivity contribution in [3.63, 3.8) is 0 Å². The van der Waals surface area contributed by atoms with Gasteiger partial charge in [-0.25, -0.2) is 20.0 Å². The summed E-state index contributed by atoms with van der Waals surface area (Å²) in [6.45, 7) is 5.75. The molecular weight excluding hydrogens is 400 g/mol. The number of benzene rings is 3. The summed E-state index contributed by atoms with van der Waals surface area (Å²) in [5, 5.41) is 7.34. The smallest absolute Gasteiger partial charge is 0.307 e. The minimum Gasteiger partial charge on any atom is -0.307 e. The van der Waals surface area contributed by atoms with Crippen LogP contribution in [0, 0.1) is 20.8 Å². The van der Waals surface area contributed by atoms with Gasteiger partial charge in [0.15, 0.2) is 0 Å². The van der Waals surface area contributed by atoms with E-state index in [9.17, 15) is 9.59 Å². The van der Waals surface area contributed by atoms with E-state index in [0.29, 0.717) is 22.1 Å². The van der Waals surface area contributed by atoms with Crippen LogP contribution in [0.15, 0.2) is 66.7 Å². The molecule has 30 heavy (non-hydrogen) atoms. The van der Waals surface area contributed by atoms with Crippen molar-refractivity contribution in [3.8, 4) is 0 Å². The average molecular weight is 423 g/mol. The number of nitrogens with zero attached hydrogens (tertiary/aromatic N) is 1. The van der Waals surface area contributed by atoms with Crippen LogP contribution < -0.4 is 21.1 Å². The van der Waals surface area contributed by atoms with Gasteiger partial charge in [-0.1, -0.05) is 47.5 Å². The number of nitrogens with one attached hydrogen (secondary N) is 3. The van der Waals surface area contributed by atoms with Crippen LogP contribution in [-0.2, 0) is 0 Å². The molecule has 6 nitrogen and oxygen atoms in total. The predicted molar refractivity (Wildman–Crippen MR) is 122 cm³/mol. The third-order valence-electron chi connectivity index (χ3n) is 4.47. The standard InChI is InChI=1S/C23H23ClN4O2/c1-15-9-12-21(17(3)13-15)26-23(30)28(19-7-5-4-6-8-19)27-22(29)25-18-10-11-20(24)16(2)14-18/h4-14H,1-3H3,(H,26,30)(H2,25,27,29). The summed E-state index contributed by atoms with van der Waals surface area (Å²) < 4.78 is 0. The summed E-state index contributed by atoms with van der Waals surface area (Å²) in [5.41, 5.74) is 7.22. The Morgan fingerprint density at radius 2 is 1.57 bits per heavy atom. The van der Waals surface area contributed by atoms with Crippen molar-refractivity contribution in [3.05, 3.63) is 88.4 Å². The molecule has 7 heteroatoms. The van der Waals surface area contributed by atoms with Crippen molar-refractivity contribution in [2.45, 2.75) is 20.8 Å². The number of hydrogen-bond donors (Lipinski definition) is 3. The molecule has 3 rings (SSSR count). The topological polar surface area (TPSA) is 73.5 Å². The SMILES string of the molecule is Cc1ccc(NC(=O)N(NC(=O)Nc2ccc(Cl)c(C)c2)c2ccccc2)c(C)c1. The molecule has 0 fully saturated rings. The molecule has 0 saturated carbocycles. The van der Waals surface area contributed by atoms with Gasteiger partial charge in [-0.05, 0) is 68.3 Å². The second-order valence-electron chi connectivity index (χ2n) is 6.95. The van der Waals surface area contributed by atoms with E-state index in [1.165, 1.54) is 0 Å². The zero-order valence-electron chi connectivity index (χ0n) is 17.0. The molecule has 0 unspecified atom stereocenters. The molecule has 3 N–H and O–H groups in total. The second-order valence-corrected chi connectivity index (χ2v) is 7.36. The van der Waals surface area contributed by atoms with Gasteiger partial charge in [0, 0.05) is 16.4 Å². The van der Waals surface area contributed by atoms with Gasteiger partial charge in [0.05, 0.1) is 5.69 Å². The van der Waals surface area contributed by atoms with E-state index in [1.54, 1.807) is 42.5 Å². The summed E-state index contributed by atoms with van der Waals surface area (Å²) in [6, 6.07) is 18.7. The van der Waals surface area contributed by atoms with Crippen LogP contribution in [0.4, 0.5) is 26.7 Å². The van der Waals surface area contributed by atoms with E-state index in [4.69, 9.17) is 11.6 Å². The molecule has 4 amide bonds. The summed E-state index contributed by atoms with van der Waals surface area (Å²) >= 11 is 6.03. The van der Waals surface area contributed by atoms with Gasteiger partial charge in [-0.3, -0.25) is 0 Å². The first kappa shape index (κ1) is 21.2. The Hall–Kier alpha value is -3.51. The van der Waals surface area contributed by atoms with Crippen LogP contribution in [0.1, 0.15) is 16.7 Å². The van der Waals surface area contributed by atoms with Crippen molar-refractivity contribution < 1.29 is 9.59 Å². The minimum absolute atomic E-state index is 0.490.